The van der Waals surface area contributed by atoms with Gasteiger partial charge in [0, 0.05) is 59.8 Å². The van der Waals surface area contributed by atoms with Gasteiger partial charge in [-0.25, -0.2) is 24.6 Å². The zero-order chi connectivity index (χ0) is 85.1. The minimum absolute atomic E-state index is 0.131. The van der Waals surface area contributed by atoms with Gasteiger partial charge in [-0.05, 0) is 197 Å². The summed E-state index contributed by atoms with van der Waals surface area (Å²) in [4.78, 5) is 66.6. The van der Waals surface area contributed by atoms with Crippen LogP contribution >= 0.6 is 0 Å². The summed E-state index contributed by atoms with van der Waals surface area (Å²) in [5.41, 5.74) is 29.3. The van der Waals surface area contributed by atoms with Crippen molar-refractivity contribution in [1.29, 1.82) is 5.26 Å². The van der Waals surface area contributed by atoms with Crippen molar-refractivity contribution in [2.45, 2.75) is 20.8 Å². The average Bonchev–Trinajstić information content (AvgIpc) is 1.50. The summed E-state index contributed by atoms with van der Waals surface area (Å²) in [5, 5.41) is 19.3. The van der Waals surface area contributed by atoms with Gasteiger partial charge >= 0.3 is 0 Å². The number of imidazole rings is 3. The normalized spacial score (nSPS) is 11.5. The van der Waals surface area contributed by atoms with Crippen molar-refractivity contribution in [1.82, 2.24) is 28.2 Å². The third-order valence-corrected chi connectivity index (χ3v) is 25.0. The number of aryl methyl sites for hydroxylation is 3. The lowest BCUT2D eigenvalue weighted by Crippen LogP contribution is -2.14. The number of benzene rings is 18. The molecule has 0 aliphatic rings. The van der Waals surface area contributed by atoms with E-state index in [1.165, 1.54) is 0 Å². The highest BCUT2D eigenvalue weighted by Gasteiger charge is 2.28. The molecule has 0 atom stereocenters. The smallest absolute Gasteiger partial charge is 0.264 e. The zero-order valence-corrected chi connectivity index (χ0v) is 68.4. The van der Waals surface area contributed by atoms with E-state index in [2.05, 4.69) is 206 Å². The highest BCUT2D eigenvalue weighted by Crippen LogP contribution is 2.48. The zero-order valence-electron chi connectivity index (χ0n) is 68.4. The Kier molecular flexibility index (Phi) is 17.9. The van der Waals surface area contributed by atoms with Crippen LogP contribution in [0.15, 0.2) is 378 Å². The Balaban J connectivity index is 0.000000112. The first-order chi connectivity index (χ1) is 61.9. The first-order valence-corrected chi connectivity index (χ1v) is 41.7. The second-order valence-electron chi connectivity index (χ2n) is 32.0. The molecular formula is C114H69N9O3. The van der Waals surface area contributed by atoms with Crippen LogP contribution in [0.5, 0.6) is 0 Å². The van der Waals surface area contributed by atoms with E-state index in [0.717, 1.165) is 198 Å². The maximum absolute atomic E-state index is 14.5. The second kappa shape index (κ2) is 30.1. The molecule has 0 saturated carbocycles. The van der Waals surface area contributed by atoms with Gasteiger partial charge in [-0.2, -0.15) is 5.26 Å². The van der Waals surface area contributed by atoms with E-state index in [-0.39, 0.29) is 16.7 Å². The SMILES string of the molecule is Cc1ccccc1-c1ccc2c(=O)n3c(nc4cc(-c5ccccc5)cc(-c5ccccc5)c43)c3ccc(C#N)c1c23.[C-]#[N+]c1ccc2c(=O)n3c(nc4cc(-c5ccccc5)cc(-c5ccccc5)c43)c3ccc(-c4ccccc4C)c1c23.[C-]#[N+]c1ccc2c(=O)n3c4cc(-c5ccccc5)cc(-c5ccccc5)c4nc3c3ccc(-c4ccccc4C)c1c23. The van der Waals surface area contributed by atoms with Gasteiger partial charge in [-0.15, -0.1) is 0 Å². The van der Waals surface area contributed by atoms with Crippen molar-refractivity contribution in [2.24, 2.45) is 0 Å². The summed E-state index contributed by atoms with van der Waals surface area (Å²) < 4.78 is 5.30. The molecular weight excluding hydrogens is 1540 g/mol. The van der Waals surface area contributed by atoms with Gasteiger partial charge in [0.2, 0.25) is 0 Å². The first kappa shape index (κ1) is 74.9. The fourth-order valence-corrected chi connectivity index (χ4v) is 19.1. The molecule has 0 fully saturated rings. The Hall–Kier alpha value is -17.4. The molecule has 12 heteroatoms. The van der Waals surface area contributed by atoms with Crippen LogP contribution in [0.1, 0.15) is 22.3 Å². The van der Waals surface area contributed by atoms with Crippen LogP contribution in [0, 0.1) is 45.2 Å². The average molecular weight is 1610 g/mol. The molecule has 0 spiro atoms. The van der Waals surface area contributed by atoms with Gasteiger partial charge in [-0.1, -0.05) is 309 Å². The number of rotatable bonds is 9. The molecule has 24 rings (SSSR count). The van der Waals surface area contributed by atoms with E-state index in [4.69, 9.17) is 28.1 Å². The van der Waals surface area contributed by atoms with E-state index >= 15 is 0 Å². The summed E-state index contributed by atoms with van der Waals surface area (Å²) in [5.74, 6) is 0. The molecule has 0 radical (unpaired) electrons. The molecule has 6 aromatic heterocycles. The van der Waals surface area contributed by atoms with Crippen LogP contribution in [0.3, 0.4) is 0 Å². The molecule has 12 nitrogen and oxygen atoms in total. The molecule has 0 bridgehead atoms. The third-order valence-electron chi connectivity index (χ3n) is 25.0. The highest BCUT2D eigenvalue weighted by molar-refractivity contribution is 6.26. The predicted octanol–water partition coefficient (Wildman–Crippen LogP) is 27.7. The highest BCUT2D eigenvalue weighted by atomic mass is 16.1. The number of pyridine rings is 3. The van der Waals surface area contributed by atoms with Crippen molar-refractivity contribution in [3.63, 3.8) is 0 Å². The van der Waals surface area contributed by atoms with Gasteiger partial charge in [0.05, 0.1) is 57.9 Å². The molecule has 588 valence electrons. The first-order valence-electron chi connectivity index (χ1n) is 41.7. The summed E-state index contributed by atoms with van der Waals surface area (Å²) in [6, 6.07) is 124. The lowest BCUT2D eigenvalue weighted by atomic mass is 9.89. The summed E-state index contributed by atoms with van der Waals surface area (Å²) in [6.45, 7) is 22.2. The number of nitriles is 1. The Morgan fingerprint density at radius 2 is 0.579 bits per heavy atom. The van der Waals surface area contributed by atoms with Crippen LogP contribution < -0.4 is 16.7 Å². The number of fused-ring (bicyclic) bond motifs is 12. The lowest BCUT2D eigenvalue weighted by Gasteiger charge is -2.15. The lowest BCUT2D eigenvalue weighted by molar-refractivity contribution is 1.19. The number of hydrogen-bond donors (Lipinski definition) is 0. The van der Waals surface area contributed by atoms with E-state index in [1.807, 2.05) is 170 Å². The monoisotopic (exact) mass is 1610 g/mol. The Bertz CT molecular complexity index is 8520. The maximum Gasteiger partial charge on any atom is 0.264 e. The summed E-state index contributed by atoms with van der Waals surface area (Å²) >= 11 is 0. The third kappa shape index (κ3) is 11.9. The number of nitrogens with zero attached hydrogens (tertiary/aromatic N) is 9. The van der Waals surface area contributed by atoms with Crippen LogP contribution in [0.25, 0.3) is 225 Å². The van der Waals surface area contributed by atoms with E-state index in [0.29, 0.717) is 50.0 Å². The van der Waals surface area contributed by atoms with Crippen LogP contribution in [-0.2, 0) is 0 Å². The predicted molar refractivity (Wildman–Crippen MR) is 516 cm³/mol. The van der Waals surface area contributed by atoms with E-state index in [9.17, 15) is 19.6 Å². The van der Waals surface area contributed by atoms with Crippen molar-refractivity contribution in [3.8, 4) is 106 Å². The number of hydrogen-bond acceptors (Lipinski definition) is 7. The molecule has 0 aliphatic carbocycles. The second-order valence-corrected chi connectivity index (χ2v) is 32.0. The van der Waals surface area contributed by atoms with Crippen molar-refractivity contribution in [2.75, 3.05) is 0 Å². The summed E-state index contributed by atoms with van der Waals surface area (Å²) in [6.07, 6.45) is 0. The minimum atomic E-state index is -0.138. The van der Waals surface area contributed by atoms with Gasteiger partial charge in [0.25, 0.3) is 16.7 Å². The number of aromatic nitrogens is 6. The molecule has 126 heavy (non-hydrogen) atoms. The molecule has 24 aromatic rings. The maximum atomic E-state index is 14.5. The molecule has 0 aliphatic heterocycles. The van der Waals surface area contributed by atoms with Gasteiger partial charge in [0.15, 0.2) is 11.4 Å². The molecule has 0 amide bonds. The Morgan fingerprint density at radius 3 is 0.968 bits per heavy atom. The van der Waals surface area contributed by atoms with E-state index in [1.54, 1.807) is 37.5 Å². The summed E-state index contributed by atoms with van der Waals surface area (Å²) in [7, 11) is 0. The fraction of sp³-hybridized carbons (Fsp3) is 0.0263. The quantitative estimate of drug-likeness (QED) is 0.131. The van der Waals surface area contributed by atoms with Crippen LogP contribution in [-0.4, -0.2) is 28.2 Å². The minimum Gasteiger partial charge on any atom is -0.268 e. The van der Waals surface area contributed by atoms with Gasteiger partial charge < -0.3 is 0 Å². The van der Waals surface area contributed by atoms with Crippen molar-refractivity contribution >= 4 is 126 Å². The van der Waals surface area contributed by atoms with Crippen LogP contribution in [0.2, 0.25) is 0 Å². The molecule has 0 unspecified atom stereocenters. The molecule has 18 aromatic carbocycles. The van der Waals surface area contributed by atoms with E-state index < -0.39 is 0 Å². The standard InChI is InChI=1S/3C38H23N3O/c1-23-11-9-10-16-27(23)28-17-18-29-34-30(19-20-32(39-2)35(28)34)38(42)41-33-22-26(24-12-5-3-6-13-24)21-31(36(33)40-37(29)41)25-14-7-4-8-15-25;1-23-11-9-10-16-27(23)28-17-18-29-34-30(19-20-32(39-2)35(28)34)38(42)41-36-31(25-14-7-4-8-15-25)21-26(22-33(36)40-37(29)41)24-12-5-3-6-13-24;1-23-10-8-9-15-28(23)29-18-19-31-35-30(17-16-26(22-39)34(29)35)37-40-33-21-27(24-11-4-2-5-12-24)20-32(25-13-6-3-7-14-25)36(33)41(37)38(31)42/h2*3-22H,1H3;2-21H,1H3. The van der Waals surface area contributed by atoms with Gasteiger partial charge in [0.1, 0.15) is 16.9 Å². The van der Waals surface area contributed by atoms with Crippen LogP contribution in [0.4, 0.5) is 11.4 Å². The molecule has 0 saturated heterocycles. The van der Waals surface area contributed by atoms with Crippen molar-refractivity contribution < 1.29 is 0 Å². The largest absolute Gasteiger partial charge is 0.268 e. The fourth-order valence-electron chi connectivity index (χ4n) is 19.1. The molecule has 0 N–H and O–H groups in total. The van der Waals surface area contributed by atoms with Crippen molar-refractivity contribution in [3.05, 3.63) is 440 Å². The topological polar surface area (TPSA) is 136 Å². The molecule has 6 heterocycles. The Morgan fingerprint density at radius 1 is 0.270 bits per heavy atom. The Labute approximate surface area is 721 Å². The van der Waals surface area contributed by atoms with Gasteiger partial charge in [-0.3, -0.25) is 27.6 Å².